The molecule has 16 heavy (non-hydrogen) atoms. The summed E-state index contributed by atoms with van der Waals surface area (Å²) in [6.07, 6.45) is 1.76. The number of anilines is 1. The number of hydrogen-bond acceptors (Lipinski definition) is 2. The Labute approximate surface area is 102 Å². The van der Waals surface area contributed by atoms with E-state index in [0.717, 1.165) is 17.0 Å². The maximum absolute atomic E-state index is 5.15. The van der Waals surface area contributed by atoms with Crippen LogP contribution in [0.2, 0.25) is 0 Å². The van der Waals surface area contributed by atoms with Crippen LogP contribution in [0.15, 0.2) is 30.9 Å². The summed E-state index contributed by atoms with van der Waals surface area (Å²) in [4.78, 5) is 0. The van der Waals surface area contributed by atoms with Gasteiger partial charge >= 0.3 is 0 Å². The lowest BCUT2D eigenvalue weighted by Gasteiger charge is -2.12. The lowest BCUT2D eigenvalue weighted by Crippen LogP contribution is -2.28. The molecule has 4 heteroatoms. The minimum atomic E-state index is 0.580. The third kappa shape index (κ3) is 3.55. The SMILES string of the molecule is C=CCNC(=S)Nc1cc(OC)ccc1C. The molecule has 0 aliphatic carbocycles. The van der Waals surface area contributed by atoms with Crippen LogP contribution in [0.4, 0.5) is 5.69 Å². The Morgan fingerprint density at radius 3 is 2.94 bits per heavy atom. The summed E-state index contributed by atoms with van der Waals surface area (Å²) in [6, 6.07) is 5.81. The summed E-state index contributed by atoms with van der Waals surface area (Å²) >= 11 is 5.13. The van der Waals surface area contributed by atoms with Gasteiger partial charge in [0.25, 0.3) is 0 Å². The second-order valence-electron chi connectivity index (χ2n) is 3.30. The molecule has 0 aliphatic heterocycles. The van der Waals surface area contributed by atoms with Gasteiger partial charge in [0, 0.05) is 18.3 Å². The van der Waals surface area contributed by atoms with Crippen molar-refractivity contribution in [2.45, 2.75) is 6.92 Å². The van der Waals surface area contributed by atoms with Gasteiger partial charge in [0.1, 0.15) is 5.75 Å². The van der Waals surface area contributed by atoms with Crippen LogP contribution in [0.5, 0.6) is 5.75 Å². The molecule has 0 aliphatic rings. The molecule has 1 rings (SSSR count). The van der Waals surface area contributed by atoms with Gasteiger partial charge in [-0.3, -0.25) is 0 Å². The van der Waals surface area contributed by atoms with Gasteiger partial charge in [-0.15, -0.1) is 6.58 Å². The lowest BCUT2D eigenvalue weighted by molar-refractivity contribution is 0.415. The molecule has 86 valence electrons. The van der Waals surface area contributed by atoms with Crippen LogP contribution >= 0.6 is 12.2 Å². The molecule has 0 radical (unpaired) electrons. The topological polar surface area (TPSA) is 33.3 Å². The van der Waals surface area contributed by atoms with Crippen molar-refractivity contribution in [2.75, 3.05) is 19.0 Å². The molecular formula is C12H16N2OS. The molecule has 2 N–H and O–H groups in total. The Balaban J connectivity index is 2.71. The Morgan fingerprint density at radius 2 is 2.31 bits per heavy atom. The molecule has 0 unspecified atom stereocenters. The summed E-state index contributed by atoms with van der Waals surface area (Å²) in [5.74, 6) is 0.805. The molecule has 0 saturated heterocycles. The molecule has 0 aromatic heterocycles. The summed E-state index contributed by atoms with van der Waals surface area (Å²) in [7, 11) is 1.64. The van der Waals surface area contributed by atoms with E-state index in [-0.39, 0.29) is 0 Å². The molecule has 1 aromatic carbocycles. The Hall–Kier alpha value is -1.55. The van der Waals surface area contributed by atoms with E-state index in [2.05, 4.69) is 17.2 Å². The maximum atomic E-state index is 5.15. The van der Waals surface area contributed by atoms with Gasteiger partial charge in [-0.25, -0.2) is 0 Å². The van der Waals surface area contributed by atoms with Crippen LogP contribution < -0.4 is 15.4 Å². The molecule has 0 atom stereocenters. The minimum absolute atomic E-state index is 0.580. The molecule has 0 spiro atoms. The quantitative estimate of drug-likeness (QED) is 0.621. The number of nitrogens with one attached hydrogen (secondary N) is 2. The van der Waals surface area contributed by atoms with Crippen molar-refractivity contribution in [3.63, 3.8) is 0 Å². The lowest BCUT2D eigenvalue weighted by atomic mass is 10.2. The van der Waals surface area contributed by atoms with Gasteiger partial charge < -0.3 is 15.4 Å². The van der Waals surface area contributed by atoms with E-state index in [0.29, 0.717) is 11.7 Å². The second kappa shape index (κ2) is 6.12. The first kappa shape index (κ1) is 12.5. The average molecular weight is 236 g/mol. The molecule has 0 heterocycles. The van der Waals surface area contributed by atoms with Gasteiger partial charge in [-0.05, 0) is 30.8 Å². The summed E-state index contributed by atoms with van der Waals surface area (Å²) < 4.78 is 5.15. The minimum Gasteiger partial charge on any atom is -0.497 e. The van der Waals surface area contributed by atoms with E-state index in [4.69, 9.17) is 17.0 Å². The van der Waals surface area contributed by atoms with Crippen LogP contribution in [0.1, 0.15) is 5.56 Å². The van der Waals surface area contributed by atoms with Crippen LogP contribution in [-0.4, -0.2) is 18.8 Å². The number of aryl methyl sites for hydroxylation is 1. The predicted octanol–water partition coefficient (Wildman–Crippen LogP) is 2.48. The van der Waals surface area contributed by atoms with Crippen molar-refractivity contribution < 1.29 is 4.74 Å². The van der Waals surface area contributed by atoms with Crippen LogP contribution in [0.3, 0.4) is 0 Å². The van der Waals surface area contributed by atoms with Crippen LogP contribution in [0.25, 0.3) is 0 Å². The summed E-state index contributed by atoms with van der Waals surface area (Å²) in [6.45, 7) is 6.27. The van der Waals surface area contributed by atoms with Crippen molar-refractivity contribution in [3.8, 4) is 5.75 Å². The first-order valence-electron chi connectivity index (χ1n) is 4.97. The number of methoxy groups -OCH3 is 1. The van der Waals surface area contributed by atoms with Crippen LogP contribution in [-0.2, 0) is 0 Å². The van der Waals surface area contributed by atoms with E-state index in [1.807, 2.05) is 25.1 Å². The normalized spacial score (nSPS) is 9.38. The maximum Gasteiger partial charge on any atom is 0.171 e. The Morgan fingerprint density at radius 1 is 1.56 bits per heavy atom. The van der Waals surface area contributed by atoms with Crippen LogP contribution in [0, 0.1) is 6.92 Å². The largest absolute Gasteiger partial charge is 0.497 e. The van der Waals surface area contributed by atoms with Gasteiger partial charge in [0.15, 0.2) is 5.11 Å². The van der Waals surface area contributed by atoms with Gasteiger partial charge in [-0.2, -0.15) is 0 Å². The molecule has 3 nitrogen and oxygen atoms in total. The molecular weight excluding hydrogens is 220 g/mol. The van der Waals surface area contributed by atoms with Gasteiger partial charge in [0.2, 0.25) is 0 Å². The fourth-order valence-corrected chi connectivity index (χ4v) is 1.39. The zero-order valence-electron chi connectivity index (χ0n) is 9.54. The van der Waals surface area contributed by atoms with Crippen molar-refractivity contribution in [1.29, 1.82) is 0 Å². The third-order valence-electron chi connectivity index (χ3n) is 2.10. The predicted molar refractivity (Wildman–Crippen MR) is 72.2 cm³/mol. The number of benzene rings is 1. The first-order valence-corrected chi connectivity index (χ1v) is 5.38. The highest BCUT2D eigenvalue weighted by atomic mass is 32.1. The number of thiocarbonyl (C=S) groups is 1. The highest BCUT2D eigenvalue weighted by molar-refractivity contribution is 7.80. The fraction of sp³-hybridized carbons (Fsp3) is 0.250. The van der Waals surface area contributed by atoms with Crippen molar-refractivity contribution >= 4 is 23.0 Å². The Bertz CT molecular complexity index is 391. The number of hydrogen-bond donors (Lipinski definition) is 2. The van der Waals surface area contributed by atoms with Gasteiger partial charge in [0.05, 0.1) is 7.11 Å². The van der Waals surface area contributed by atoms with E-state index >= 15 is 0 Å². The molecule has 1 aromatic rings. The van der Waals surface area contributed by atoms with E-state index in [1.165, 1.54) is 0 Å². The van der Waals surface area contributed by atoms with E-state index in [1.54, 1.807) is 13.2 Å². The molecule has 0 fully saturated rings. The zero-order valence-corrected chi connectivity index (χ0v) is 10.4. The van der Waals surface area contributed by atoms with Crippen molar-refractivity contribution in [3.05, 3.63) is 36.4 Å². The fourth-order valence-electron chi connectivity index (χ4n) is 1.19. The number of ether oxygens (including phenoxy) is 1. The van der Waals surface area contributed by atoms with Gasteiger partial charge in [-0.1, -0.05) is 12.1 Å². The van der Waals surface area contributed by atoms with E-state index in [9.17, 15) is 0 Å². The van der Waals surface area contributed by atoms with Crippen molar-refractivity contribution in [2.24, 2.45) is 0 Å². The zero-order chi connectivity index (χ0) is 12.0. The second-order valence-corrected chi connectivity index (χ2v) is 3.71. The summed E-state index contributed by atoms with van der Waals surface area (Å²) in [5, 5.41) is 6.70. The molecule has 0 saturated carbocycles. The standard InChI is InChI=1S/C12H16N2OS/c1-4-7-13-12(16)14-11-8-10(15-3)6-5-9(11)2/h4-6,8H,1,7H2,2-3H3,(H2,13,14,16). The summed E-state index contributed by atoms with van der Waals surface area (Å²) in [5.41, 5.74) is 2.06. The molecule has 0 amide bonds. The van der Waals surface area contributed by atoms with Crippen molar-refractivity contribution in [1.82, 2.24) is 5.32 Å². The first-order chi connectivity index (χ1) is 7.67. The van der Waals surface area contributed by atoms with E-state index < -0.39 is 0 Å². The molecule has 0 bridgehead atoms. The third-order valence-corrected chi connectivity index (χ3v) is 2.35. The highest BCUT2D eigenvalue weighted by Gasteiger charge is 2.02. The highest BCUT2D eigenvalue weighted by Crippen LogP contribution is 2.21. The monoisotopic (exact) mass is 236 g/mol. The smallest absolute Gasteiger partial charge is 0.171 e. The number of rotatable bonds is 4. The average Bonchev–Trinajstić information content (AvgIpc) is 2.29. The Kier molecular flexibility index (Phi) is 4.79.